The Labute approximate surface area is 163 Å². The Bertz CT molecular complexity index is 917. The van der Waals surface area contributed by atoms with Crippen LogP contribution >= 0.6 is 12.2 Å². The minimum atomic E-state index is -0.382. The molecule has 0 aliphatic carbocycles. The number of nitrogens with zero attached hydrogens (tertiary/aromatic N) is 1. The lowest BCUT2D eigenvalue weighted by molar-refractivity contribution is 0.0592. The molecule has 0 saturated carbocycles. The average molecular weight is 384 g/mol. The van der Waals surface area contributed by atoms with Gasteiger partial charge in [-0.2, -0.15) is 5.26 Å². The molecule has 7 heteroatoms. The normalized spacial score (nSPS) is 9.30. The van der Waals surface area contributed by atoms with Crippen LogP contribution in [0.15, 0.2) is 36.4 Å². The van der Waals surface area contributed by atoms with Crippen LogP contribution in [0.3, 0.4) is 0 Å². The summed E-state index contributed by atoms with van der Waals surface area (Å²) in [6.07, 6.45) is 0. The van der Waals surface area contributed by atoms with Gasteiger partial charge in [0.05, 0.1) is 37.0 Å². The molecule has 0 unspecified atom stereocenters. The number of methoxy groups -OCH3 is 2. The summed E-state index contributed by atoms with van der Waals surface area (Å²) in [5.41, 5.74) is 9.48. The first kappa shape index (κ1) is 21.8. The molecule has 0 aliphatic rings. The molecule has 0 saturated heterocycles. The van der Waals surface area contributed by atoms with Crippen molar-refractivity contribution in [3.8, 4) is 6.07 Å². The summed E-state index contributed by atoms with van der Waals surface area (Å²) in [4.78, 5) is 22.6. The van der Waals surface area contributed by atoms with Gasteiger partial charge >= 0.3 is 11.9 Å². The molecule has 0 spiro atoms. The van der Waals surface area contributed by atoms with Gasteiger partial charge in [-0.25, -0.2) is 9.59 Å². The fourth-order valence-corrected chi connectivity index (χ4v) is 2.45. The molecular weight excluding hydrogens is 364 g/mol. The van der Waals surface area contributed by atoms with E-state index in [1.807, 2.05) is 13.0 Å². The number of benzene rings is 2. The minimum Gasteiger partial charge on any atom is -0.465 e. The number of carbonyl (C=O) groups excluding carboxylic acids is 2. The van der Waals surface area contributed by atoms with Crippen molar-refractivity contribution in [2.75, 3.05) is 14.2 Å². The third kappa shape index (κ3) is 5.90. The fraction of sp³-hybridized carbons (Fsp3) is 0.200. The number of rotatable bonds is 3. The lowest BCUT2D eigenvalue weighted by Crippen LogP contribution is -2.12. The van der Waals surface area contributed by atoms with E-state index in [1.165, 1.54) is 14.2 Å². The first-order valence-electron chi connectivity index (χ1n) is 7.83. The van der Waals surface area contributed by atoms with Gasteiger partial charge in [0.25, 0.3) is 0 Å². The van der Waals surface area contributed by atoms with Crippen LogP contribution in [0.4, 0.5) is 0 Å². The number of hydrogen-bond donors (Lipinski definition) is 1. The summed E-state index contributed by atoms with van der Waals surface area (Å²) in [7, 11) is 2.68. The van der Waals surface area contributed by atoms with Crippen molar-refractivity contribution in [1.82, 2.24) is 0 Å². The van der Waals surface area contributed by atoms with Crippen molar-refractivity contribution in [3.63, 3.8) is 0 Å². The zero-order chi connectivity index (χ0) is 20.6. The first-order chi connectivity index (χ1) is 12.7. The number of aryl methyl sites for hydroxylation is 2. The highest BCUT2D eigenvalue weighted by Gasteiger charge is 2.08. The molecule has 0 amide bonds. The van der Waals surface area contributed by atoms with E-state index in [0.717, 1.165) is 16.7 Å². The predicted molar refractivity (Wildman–Crippen MR) is 106 cm³/mol. The third-order valence-corrected chi connectivity index (χ3v) is 3.90. The summed E-state index contributed by atoms with van der Waals surface area (Å²) >= 11 is 4.85. The number of esters is 2. The highest BCUT2D eigenvalue weighted by Crippen LogP contribution is 2.12. The van der Waals surface area contributed by atoms with Crippen molar-refractivity contribution in [2.45, 2.75) is 13.8 Å². The summed E-state index contributed by atoms with van der Waals surface area (Å²) in [6.45, 7) is 3.63. The summed E-state index contributed by atoms with van der Waals surface area (Å²) < 4.78 is 9.13. The summed E-state index contributed by atoms with van der Waals surface area (Å²) in [5.74, 6) is -0.741. The van der Waals surface area contributed by atoms with E-state index in [2.05, 4.69) is 9.47 Å². The maximum Gasteiger partial charge on any atom is 0.337 e. The maximum atomic E-state index is 11.2. The highest BCUT2D eigenvalue weighted by molar-refractivity contribution is 7.80. The van der Waals surface area contributed by atoms with Gasteiger partial charge in [0.1, 0.15) is 4.99 Å². The van der Waals surface area contributed by atoms with Gasteiger partial charge < -0.3 is 15.2 Å². The van der Waals surface area contributed by atoms with Crippen molar-refractivity contribution in [3.05, 3.63) is 69.8 Å². The summed E-state index contributed by atoms with van der Waals surface area (Å²) in [5, 5.41) is 8.64. The molecule has 0 bridgehead atoms. The zero-order valence-electron chi connectivity index (χ0n) is 15.5. The third-order valence-electron chi connectivity index (χ3n) is 3.68. The van der Waals surface area contributed by atoms with Gasteiger partial charge in [-0.15, -0.1) is 0 Å². The smallest absolute Gasteiger partial charge is 0.337 e. The number of ether oxygens (including phenoxy) is 2. The average Bonchev–Trinajstić information content (AvgIpc) is 2.66. The number of nitrogens with two attached hydrogens (primary N) is 1. The largest absolute Gasteiger partial charge is 0.465 e. The number of carbonyl (C=O) groups is 2. The molecule has 2 aromatic carbocycles. The van der Waals surface area contributed by atoms with Crippen molar-refractivity contribution in [2.24, 2.45) is 5.73 Å². The molecule has 2 N–H and O–H groups in total. The van der Waals surface area contributed by atoms with E-state index in [9.17, 15) is 9.59 Å². The van der Waals surface area contributed by atoms with Crippen LogP contribution in [0.1, 0.15) is 43.0 Å². The predicted octanol–water partition coefficient (Wildman–Crippen LogP) is 3.07. The Kier molecular flexibility index (Phi) is 8.11. The molecule has 6 nitrogen and oxygen atoms in total. The number of hydrogen-bond acceptors (Lipinski definition) is 6. The molecule has 140 valence electrons. The number of thiocarbonyl (C=S) groups is 1. The van der Waals surface area contributed by atoms with Crippen LogP contribution in [-0.4, -0.2) is 31.1 Å². The maximum absolute atomic E-state index is 11.2. The lowest BCUT2D eigenvalue weighted by Gasteiger charge is -2.05. The second kappa shape index (κ2) is 10.0. The van der Waals surface area contributed by atoms with Gasteiger partial charge in [0.2, 0.25) is 0 Å². The van der Waals surface area contributed by atoms with E-state index < -0.39 is 0 Å². The van der Waals surface area contributed by atoms with Gasteiger partial charge in [0.15, 0.2) is 0 Å². The monoisotopic (exact) mass is 384 g/mol. The Morgan fingerprint density at radius 3 is 1.81 bits per heavy atom. The topological polar surface area (TPSA) is 102 Å². The van der Waals surface area contributed by atoms with E-state index >= 15 is 0 Å². The van der Waals surface area contributed by atoms with Crippen LogP contribution in [0.25, 0.3) is 0 Å². The van der Waals surface area contributed by atoms with Crippen molar-refractivity contribution in [1.29, 1.82) is 5.26 Å². The van der Waals surface area contributed by atoms with E-state index in [-0.39, 0.29) is 11.9 Å². The SMILES string of the molecule is COC(=O)c1ccc(C#N)c(C)c1.COC(=O)c1ccc(C(N)=S)c(C)c1. The van der Waals surface area contributed by atoms with Crippen LogP contribution < -0.4 is 5.73 Å². The molecular formula is C20H20N2O4S. The lowest BCUT2D eigenvalue weighted by atomic mass is 10.1. The van der Waals surface area contributed by atoms with Crippen LogP contribution in [-0.2, 0) is 9.47 Å². The molecule has 0 fully saturated rings. The van der Waals surface area contributed by atoms with Gasteiger partial charge in [0, 0.05) is 5.56 Å². The molecule has 0 radical (unpaired) electrons. The zero-order valence-corrected chi connectivity index (χ0v) is 16.3. The fourth-order valence-electron chi connectivity index (χ4n) is 2.22. The second-order valence-electron chi connectivity index (χ2n) is 5.52. The Morgan fingerprint density at radius 2 is 1.44 bits per heavy atom. The van der Waals surface area contributed by atoms with E-state index in [1.54, 1.807) is 43.3 Å². The quantitative estimate of drug-likeness (QED) is 0.641. The van der Waals surface area contributed by atoms with E-state index in [0.29, 0.717) is 21.7 Å². The molecule has 0 atom stereocenters. The molecule has 0 aliphatic heterocycles. The summed E-state index contributed by atoms with van der Waals surface area (Å²) in [6, 6.07) is 11.9. The number of nitriles is 1. The molecule has 0 heterocycles. The van der Waals surface area contributed by atoms with Gasteiger partial charge in [-0.05, 0) is 55.3 Å². The standard InChI is InChI=1S/C10H11NO2S.C10H9NO2/c1-6-5-7(10(12)13-2)3-4-8(6)9(11)14;1-7-5-8(10(12)13-2)3-4-9(7)6-11/h3-5H,1-2H3,(H2,11,14);3-5H,1-2H3. The first-order valence-corrected chi connectivity index (χ1v) is 8.23. The van der Waals surface area contributed by atoms with Gasteiger partial charge in [-0.1, -0.05) is 18.3 Å². The Morgan fingerprint density at radius 1 is 0.963 bits per heavy atom. The highest BCUT2D eigenvalue weighted by atomic mass is 32.1. The Hall–Kier alpha value is -3.24. The van der Waals surface area contributed by atoms with Crippen molar-refractivity contribution >= 4 is 29.1 Å². The van der Waals surface area contributed by atoms with Gasteiger partial charge in [-0.3, -0.25) is 0 Å². The molecule has 2 aromatic rings. The van der Waals surface area contributed by atoms with Crippen LogP contribution in [0, 0.1) is 25.2 Å². The van der Waals surface area contributed by atoms with Crippen molar-refractivity contribution < 1.29 is 19.1 Å². The molecule has 2 rings (SSSR count). The second-order valence-corrected chi connectivity index (χ2v) is 5.96. The van der Waals surface area contributed by atoms with Crippen LogP contribution in [0.5, 0.6) is 0 Å². The minimum absolute atomic E-state index is 0.332. The molecule has 0 aromatic heterocycles. The Balaban J connectivity index is 0.000000271. The van der Waals surface area contributed by atoms with Crippen LogP contribution in [0.2, 0.25) is 0 Å². The van der Waals surface area contributed by atoms with E-state index in [4.69, 9.17) is 23.2 Å². The molecule has 27 heavy (non-hydrogen) atoms.